The Kier molecular flexibility index (Phi) is 5.99. The molecule has 2 aliphatic rings. The van der Waals surface area contributed by atoms with Crippen LogP contribution in [0.4, 0.5) is 4.39 Å². The molecule has 2 aromatic rings. The largest absolute Gasteiger partial charge is 0.481 e. The molecule has 4 atom stereocenters. The Hall–Kier alpha value is -2.21. The number of nitrogens with one attached hydrogen (secondary N) is 1. The van der Waals surface area contributed by atoms with Gasteiger partial charge in [0, 0.05) is 27.9 Å². The van der Waals surface area contributed by atoms with Crippen molar-refractivity contribution in [1.82, 2.24) is 5.32 Å². The van der Waals surface area contributed by atoms with Crippen molar-refractivity contribution in [1.29, 1.82) is 0 Å². The minimum absolute atomic E-state index is 0.102. The molecule has 1 aromatic heterocycles. The van der Waals surface area contributed by atoms with Crippen molar-refractivity contribution in [2.45, 2.75) is 51.0 Å². The van der Waals surface area contributed by atoms with E-state index >= 15 is 0 Å². The van der Waals surface area contributed by atoms with Crippen molar-refractivity contribution in [3.05, 3.63) is 47.1 Å². The van der Waals surface area contributed by atoms with Gasteiger partial charge in [-0.05, 0) is 74.5 Å². The number of allylic oxidation sites excluding steroid dienone is 2. The lowest BCUT2D eigenvalue weighted by atomic mass is 9.82. The maximum Gasteiger partial charge on any atom is 0.303 e. The number of hydrogen-bond acceptors (Lipinski definition) is 3. The van der Waals surface area contributed by atoms with Crippen LogP contribution in [0.5, 0.6) is 0 Å². The third-order valence-corrected chi connectivity index (χ3v) is 7.47. The van der Waals surface area contributed by atoms with E-state index in [1.54, 1.807) is 6.07 Å². The number of fused-ring (bicyclic) bond motifs is 3. The highest BCUT2D eigenvalue weighted by Crippen LogP contribution is 2.50. The van der Waals surface area contributed by atoms with Crippen molar-refractivity contribution in [3.63, 3.8) is 0 Å². The second-order valence-corrected chi connectivity index (χ2v) is 9.19. The molecule has 2 bridgehead atoms. The highest BCUT2D eigenvalue weighted by molar-refractivity contribution is 7.17. The van der Waals surface area contributed by atoms with Gasteiger partial charge >= 0.3 is 5.97 Å². The molecule has 29 heavy (non-hydrogen) atoms. The summed E-state index contributed by atoms with van der Waals surface area (Å²) in [5.41, 5.74) is 0.565. The Balaban J connectivity index is 1.41. The lowest BCUT2D eigenvalue weighted by Gasteiger charge is -2.31. The van der Waals surface area contributed by atoms with E-state index in [-0.39, 0.29) is 24.2 Å². The fraction of sp³-hybridized carbons (Fsp3) is 0.478. The van der Waals surface area contributed by atoms with E-state index in [0.717, 1.165) is 24.0 Å². The zero-order valence-corrected chi connectivity index (χ0v) is 17.1. The summed E-state index contributed by atoms with van der Waals surface area (Å²) in [6, 6.07) is 4.75. The molecule has 2 aliphatic carbocycles. The van der Waals surface area contributed by atoms with Crippen molar-refractivity contribution >= 4 is 33.3 Å². The molecular formula is C23H26FNO3S. The average Bonchev–Trinajstić information content (AvgIpc) is 3.39. The quantitative estimate of drug-likeness (QED) is 0.449. The van der Waals surface area contributed by atoms with Crippen LogP contribution in [0.1, 0.15) is 55.3 Å². The first kappa shape index (κ1) is 20.1. The predicted molar refractivity (Wildman–Crippen MR) is 113 cm³/mol. The number of amides is 1. The fourth-order valence-corrected chi connectivity index (χ4v) is 6.04. The molecule has 0 saturated heterocycles. The van der Waals surface area contributed by atoms with Gasteiger partial charge in [0.2, 0.25) is 0 Å². The first-order valence-corrected chi connectivity index (χ1v) is 11.3. The molecule has 2 N–H and O–H groups in total. The van der Waals surface area contributed by atoms with Crippen LogP contribution in [0.3, 0.4) is 0 Å². The molecule has 6 heteroatoms. The van der Waals surface area contributed by atoms with E-state index in [4.69, 9.17) is 5.11 Å². The summed E-state index contributed by atoms with van der Waals surface area (Å²) in [6.45, 7) is 0. The van der Waals surface area contributed by atoms with Gasteiger partial charge in [-0.2, -0.15) is 0 Å². The Morgan fingerprint density at radius 2 is 2.07 bits per heavy atom. The molecule has 2 saturated carbocycles. The number of benzene rings is 1. The molecule has 1 aromatic carbocycles. The van der Waals surface area contributed by atoms with E-state index in [1.807, 2.05) is 5.38 Å². The predicted octanol–water partition coefficient (Wildman–Crippen LogP) is 5.39. The van der Waals surface area contributed by atoms with Crippen LogP contribution in [-0.2, 0) is 4.79 Å². The SMILES string of the molecule is O=C(O)CCCC=CC[C@H]1[C@@H]2CC[C@@H](C2)[C@@H]1NC(=O)c1csc2ccc(F)cc12. The van der Waals surface area contributed by atoms with Crippen molar-refractivity contribution in [2.24, 2.45) is 17.8 Å². The van der Waals surface area contributed by atoms with Gasteiger partial charge in [0.25, 0.3) is 5.91 Å². The van der Waals surface area contributed by atoms with E-state index in [0.29, 0.717) is 35.1 Å². The molecule has 2 fully saturated rings. The van der Waals surface area contributed by atoms with E-state index in [2.05, 4.69) is 17.5 Å². The standard InChI is InChI=1S/C23H26FNO3S/c24-16-9-10-20-18(12-16)19(13-29-20)23(28)25-22-15-8-7-14(11-15)17(22)5-3-1-2-4-6-21(26)27/h1,3,9-10,12-15,17,22H,2,4-8,11H2,(H,25,28)(H,26,27)/t14-,15+,17+,22+/m1/s1. The summed E-state index contributed by atoms with van der Waals surface area (Å²) < 4.78 is 14.6. The summed E-state index contributed by atoms with van der Waals surface area (Å²) in [4.78, 5) is 23.6. The minimum atomic E-state index is -0.755. The molecular weight excluding hydrogens is 389 g/mol. The zero-order chi connectivity index (χ0) is 20.4. The minimum Gasteiger partial charge on any atom is -0.481 e. The van der Waals surface area contributed by atoms with Gasteiger partial charge in [0.05, 0.1) is 5.56 Å². The summed E-state index contributed by atoms with van der Waals surface area (Å²) >= 11 is 1.47. The van der Waals surface area contributed by atoms with Crippen LogP contribution in [0, 0.1) is 23.6 Å². The molecule has 1 heterocycles. The van der Waals surface area contributed by atoms with Gasteiger partial charge in [-0.15, -0.1) is 11.3 Å². The Bertz CT molecular complexity index is 937. The first-order chi connectivity index (χ1) is 14.0. The Morgan fingerprint density at radius 3 is 2.90 bits per heavy atom. The first-order valence-electron chi connectivity index (χ1n) is 10.4. The van der Waals surface area contributed by atoms with Gasteiger partial charge in [0.1, 0.15) is 5.82 Å². The maximum absolute atomic E-state index is 13.7. The summed E-state index contributed by atoms with van der Waals surface area (Å²) in [7, 11) is 0. The number of carbonyl (C=O) groups is 2. The zero-order valence-electron chi connectivity index (χ0n) is 16.3. The lowest BCUT2D eigenvalue weighted by molar-refractivity contribution is -0.137. The van der Waals surface area contributed by atoms with E-state index in [1.165, 1.54) is 36.3 Å². The summed E-state index contributed by atoms with van der Waals surface area (Å²) in [5, 5.41) is 14.5. The number of aliphatic carboxylic acids is 1. The van der Waals surface area contributed by atoms with Crippen LogP contribution in [0.15, 0.2) is 35.7 Å². The number of thiophene rings is 1. The van der Waals surface area contributed by atoms with Gasteiger partial charge in [-0.3, -0.25) is 9.59 Å². The highest BCUT2D eigenvalue weighted by Gasteiger charge is 2.47. The molecule has 4 nitrogen and oxygen atoms in total. The van der Waals surface area contributed by atoms with Gasteiger partial charge in [-0.25, -0.2) is 4.39 Å². The molecule has 4 rings (SSSR count). The second kappa shape index (κ2) is 8.66. The topological polar surface area (TPSA) is 66.4 Å². The molecule has 0 aliphatic heterocycles. The van der Waals surface area contributed by atoms with Crippen molar-refractivity contribution in [2.75, 3.05) is 0 Å². The molecule has 0 spiro atoms. The van der Waals surface area contributed by atoms with Crippen LogP contribution in [0.25, 0.3) is 10.1 Å². The van der Waals surface area contributed by atoms with Gasteiger partial charge < -0.3 is 10.4 Å². The van der Waals surface area contributed by atoms with Crippen LogP contribution >= 0.6 is 11.3 Å². The second-order valence-electron chi connectivity index (χ2n) is 8.28. The van der Waals surface area contributed by atoms with Gasteiger partial charge in [0.15, 0.2) is 0 Å². The molecule has 1 amide bonds. The third-order valence-electron chi connectivity index (χ3n) is 6.50. The van der Waals surface area contributed by atoms with Crippen molar-refractivity contribution < 1.29 is 19.1 Å². The van der Waals surface area contributed by atoms with Crippen molar-refractivity contribution in [3.8, 4) is 0 Å². The molecule has 0 radical (unpaired) electrons. The summed E-state index contributed by atoms with van der Waals surface area (Å²) in [5.74, 6) is 0.414. The number of halogens is 1. The number of unbranched alkanes of at least 4 members (excludes halogenated alkanes) is 1. The average molecular weight is 416 g/mol. The number of hydrogen-bond donors (Lipinski definition) is 2. The van der Waals surface area contributed by atoms with E-state index < -0.39 is 5.97 Å². The number of carbonyl (C=O) groups excluding carboxylic acids is 1. The molecule has 154 valence electrons. The monoisotopic (exact) mass is 415 g/mol. The Morgan fingerprint density at radius 1 is 1.24 bits per heavy atom. The Labute approximate surface area is 173 Å². The third kappa shape index (κ3) is 4.37. The van der Waals surface area contributed by atoms with E-state index in [9.17, 15) is 14.0 Å². The van der Waals surface area contributed by atoms with Crippen LogP contribution < -0.4 is 5.32 Å². The highest BCUT2D eigenvalue weighted by atomic mass is 32.1. The van der Waals surface area contributed by atoms with Gasteiger partial charge in [-0.1, -0.05) is 12.2 Å². The summed E-state index contributed by atoms with van der Waals surface area (Å²) in [6.07, 6.45) is 10.3. The number of rotatable bonds is 8. The maximum atomic E-state index is 13.7. The fourth-order valence-electron chi connectivity index (χ4n) is 5.12. The smallest absolute Gasteiger partial charge is 0.303 e. The number of carboxylic acid groups (broad SMARTS) is 1. The normalized spacial score (nSPS) is 25.8. The molecule has 0 unspecified atom stereocenters. The van der Waals surface area contributed by atoms with Crippen LogP contribution in [-0.4, -0.2) is 23.0 Å². The van der Waals surface area contributed by atoms with Crippen LogP contribution in [0.2, 0.25) is 0 Å². The number of carboxylic acids is 1. The lowest BCUT2D eigenvalue weighted by Crippen LogP contribution is -2.43.